The fourth-order valence-electron chi connectivity index (χ4n) is 2.30. The van der Waals surface area contributed by atoms with Crippen LogP contribution < -0.4 is 5.73 Å². The molecule has 0 bridgehead atoms. The largest absolute Gasteiger partial charge is 0.394 e. The highest BCUT2D eigenvalue weighted by Crippen LogP contribution is 2.30. The summed E-state index contributed by atoms with van der Waals surface area (Å²) in [4.78, 5) is 13.9. The van der Waals surface area contributed by atoms with Crippen LogP contribution in [0.3, 0.4) is 0 Å². The number of amides is 1. The summed E-state index contributed by atoms with van der Waals surface area (Å²) < 4.78 is 0. The van der Waals surface area contributed by atoms with Gasteiger partial charge in [-0.15, -0.1) is 0 Å². The molecule has 4 unspecified atom stereocenters. The van der Waals surface area contributed by atoms with Gasteiger partial charge in [0.1, 0.15) is 0 Å². The summed E-state index contributed by atoms with van der Waals surface area (Å²) in [5.74, 6) is 0.563. The van der Waals surface area contributed by atoms with Crippen molar-refractivity contribution in [2.75, 3.05) is 13.7 Å². The molecule has 0 saturated heterocycles. The Morgan fingerprint density at radius 1 is 1.56 bits per heavy atom. The smallest absolute Gasteiger partial charge is 0.226 e. The van der Waals surface area contributed by atoms with E-state index >= 15 is 0 Å². The third-order valence-corrected chi connectivity index (χ3v) is 3.83. The highest BCUT2D eigenvalue weighted by atomic mass is 16.3. The average molecular weight is 228 g/mol. The number of nitrogens with zero attached hydrogens (tertiary/aromatic N) is 1. The van der Waals surface area contributed by atoms with Crippen LogP contribution in [-0.4, -0.2) is 41.7 Å². The zero-order chi connectivity index (χ0) is 12.3. The minimum atomic E-state index is -0.113. The van der Waals surface area contributed by atoms with Gasteiger partial charge >= 0.3 is 0 Å². The van der Waals surface area contributed by atoms with Crippen LogP contribution in [0.5, 0.6) is 0 Å². The van der Waals surface area contributed by atoms with Gasteiger partial charge in [0, 0.05) is 19.0 Å². The maximum absolute atomic E-state index is 12.2. The molecule has 3 N–H and O–H groups in total. The van der Waals surface area contributed by atoms with E-state index in [9.17, 15) is 4.79 Å². The number of likely N-dealkylation sites (N-methyl/N-ethyl adjacent to an activating group) is 1. The van der Waals surface area contributed by atoms with Gasteiger partial charge in [-0.1, -0.05) is 6.92 Å². The summed E-state index contributed by atoms with van der Waals surface area (Å²) >= 11 is 0. The number of nitrogens with two attached hydrogens (primary N) is 1. The lowest BCUT2D eigenvalue weighted by atomic mass is 9.77. The van der Waals surface area contributed by atoms with E-state index < -0.39 is 0 Å². The summed E-state index contributed by atoms with van der Waals surface area (Å²) in [6, 6.07) is 0.0424. The van der Waals surface area contributed by atoms with Crippen LogP contribution in [-0.2, 0) is 4.79 Å². The molecule has 4 heteroatoms. The molecule has 94 valence electrons. The standard InChI is InChI=1S/C12H24N2O2/c1-8-4-5-10(13)6-11(8)12(16)14(3)9(2)7-15/h8-11,15H,4-7,13H2,1-3H3. The summed E-state index contributed by atoms with van der Waals surface area (Å²) in [5.41, 5.74) is 5.91. The van der Waals surface area contributed by atoms with Crippen LogP contribution in [0.1, 0.15) is 33.1 Å². The van der Waals surface area contributed by atoms with Crippen molar-refractivity contribution in [2.45, 2.75) is 45.2 Å². The summed E-state index contributed by atoms with van der Waals surface area (Å²) in [6.07, 6.45) is 2.83. The van der Waals surface area contributed by atoms with Crippen LogP contribution in [0.15, 0.2) is 0 Å². The molecular weight excluding hydrogens is 204 g/mol. The predicted octanol–water partition coefficient (Wildman–Crippen LogP) is 0.589. The van der Waals surface area contributed by atoms with E-state index in [4.69, 9.17) is 10.8 Å². The molecule has 0 radical (unpaired) electrons. The second kappa shape index (κ2) is 5.64. The summed E-state index contributed by atoms with van der Waals surface area (Å²) in [6.45, 7) is 3.98. The van der Waals surface area contributed by atoms with Crippen molar-refractivity contribution < 1.29 is 9.90 Å². The Bertz CT molecular complexity index is 245. The van der Waals surface area contributed by atoms with Gasteiger partial charge in [0.05, 0.1) is 12.6 Å². The molecule has 0 aromatic heterocycles. The molecule has 0 spiro atoms. The molecular formula is C12H24N2O2. The normalized spacial score (nSPS) is 32.2. The molecule has 1 amide bonds. The van der Waals surface area contributed by atoms with Crippen molar-refractivity contribution >= 4 is 5.91 Å². The number of aliphatic hydroxyl groups excluding tert-OH is 1. The van der Waals surface area contributed by atoms with Crippen molar-refractivity contribution in [3.05, 3.63) is 0 Å². The minimum absolute atomic E-state index is 0.00932. The molecule has 4 nitrogen and oxygen atoms in total. The van der Waals surface area contributed by atoms with E-state index in [-0.39, 0.29) is 30.5 Å². The van der Waals surface area contributed by atoms with Crippen LogP contribution in [0.2, 0.25) is 0 Å². The Kier molecular flexibility index (Phi) is 4.74. The Morgan fingerprint density at radius 3 is 2.75 bits per heavy atom. The number of hydrogen-bond donors (Lipinski definition) is 2. The quantitative estimate of drug-likeness (QED) is 0.743. The molecule has 1 fully saturated rings. The third kappa shape index (κ3) is 2.95. The molecule has 0 aromatic carbocycles. The molecule has 1 saturated carbocycles. The lowest BCUT2D eigenvalue weighted by Crippen LogP contribution is -2.46. The Hall–Kier alpha value is -0.610. The average Bonchev–Trinajstić information content (AvgIpc) is 2.29. The second-order valence-corrected chi connectivity index (χ2v) is 5.14. The van der Waals surface area contributed by atoms with Crippen LogP contribution in [0.25, 0.3) is 0 Å². The summed E-state index contributed by atoms with van der Waals surface area (Å²) in [7, 11) is 1.76. The van der Waals surface area contributed by atoms with E-state index in [1.807, 2.05) is 6.92 Å². The number of carbonyl (C=O) groups excluding carboxylic acids is 1. The maximum atomic E-state index is 12.2. The lowest BCUT2D eigenvalue weighted by Gasteiger charge is -2.35. The maximum Gasteiger partial charge on any atom is 0.226 e. The van der Waals surface area contributed by atoms with E-state index in [1.165, 1.54) is 0 Å². The van der Waals surface area contributed by atoms with Crippen molar-refractivity contribution in [2.24, 2.45) is 17.6 Å². The van der Waals surface area contributed by atoms with Gasteiger partial charge in [0.25, 0.3) is 0 Å². The highest BCUT2D eigenvalue weighted by Gasteiger charge is 2.33. The van der Waals surface area contributed by atoms with Crippen molar-refractivity contribution in [3.63, 3.8) is 0 Å². The Morgan fingerprint density at radius 2 is 2.19 bits per heavy atom. The van der Waals surface area contributed by atoms with Crippen molar-refractivity contribution in [3.8, 4) is 0 Å². The van der Waals surface area contributed by atoms with Gasteiger partial charge < -0.3 is 15.7 Å². The number of aliphatic hydroxyl groups is 1. The fourth-order valence-corrected chi connectivity index (χ4v) is 2.30. The molecule has 0 aromatic rings. The van der Waals surface area contributed by atoms with E-state index in [0.717, 1.165) is 19.3 Å². The molecule has 16 heavy (non-hydrogen) atoms. The first-order chi connectivity index (χ1) is 7.47. The first kappa shape index (κ1) is 13.5. The molecule has 1 rings (SSSR count). The first-order valence-electron chi connectivity index (χ1n) is 6.10. The van der Waals surface area contributed by atoms with Gasteiger partial charge in [-0.05, 0) is 32.1 Å². The van der Waals surface area contributed by atoms with Crippen LogP contribution >= 0.6 is 0 Å². The van der Waals surface area contributed by atoms with Gasteiger partial charge in [-0.2, -0.15) is 0 Å². The lowest BCUT2D eigenvalue weighted by molar-refractivity contribution is -0.139. The number of carbonyl (C=O) groups is 1. The van der Waals surface area contributed by atoms with Gasteiger partial charge in [0.15, 0.2) is 0 Å². The summed E-state index contributed by atoms with van der Waals surface area (Å²) in [5, 5.41) is 9.05. The molecule has 0 aliphatic heterocycles. The predicted molar refractivity (Wildman–Crippen MR) is 63.8 cm³/mol. The zero-order valence-electron chi connectivity index (χ0n) is 10.5. The minimum Gasteiger partial charge on any atom is -0.394 e. The topological polar surface area (TPSA) is 66.6 Å². The van der Waals surface area contributed by atoms with Gasteiger partial charge in [-0.3, -0.25) is 4.79 Å². The van der Waals surface area contributed by atoms with Crippen molar-refractivity contribution in [1.29, 1.82) is 0 Å². The molecule has 4 atom stereocenters. The van der Waals surface area contributed by atoms with Crippen LogP contribution in [0.4, 0.5) is 0 Å². The molecule has 1 aliphatic rings. The SMILES string of the molecule is CC1CCC(N)CC1C(=O)N(C)C(C)CO. The second-order valence-electron chi connectivity index (χ2n) is 5.14. The molecule has 0 heterocycles. The zero-order valence-corrected chi connectivity index (χ0v) is 10.5. The van der Waals surface area contributed by atoms with Gasteiger partial charge in [-0.25, -0.2) is 0 Å². The third-order valence-electron chi connectivity index (χ3n) is 3.83. The molecule has 1 aliphatic carbocycles. The highest BCUT2D eigenvalue weighted by molar-refractivity contribution is 5.79. The van der Waals surface area contributed by atoms with E-state index in [1.54, 1.807) is 11.9 Å². The van der Waals surface area contributed by atoms with E-state index in [0.29, 0.717) is 5.92 Å². The van der Waals surface area contributed by atoms with Gasteiger partial charge in [0.2, 0.25) is 5.91 Å². The van der Waals surface area contributed by atoms with Crippen molar-refractivity contribution in [1.82, 2.24) is 4.90 Å². The van der Waals surface area contributed by atoms with Crippen LogP contribution in [0, 0.1) is 11.8 Å². The Labute approximate surface area is 97.8 Å². The van der Waals surface area contributed by atoms with E-state index in [2.05, 4.69) is 6.92 Å². The Balaban J connectivity index is 2.64. The monoisotopic (exact) mass is 228 g/mol. The number of rotatable bonds is 3. The first-order valence-corrected chi connectivity index (χ1v) is 6.10. The fraction of sp³-hybridized carbons (Fsp3) is 0.917. The number of hydrogen-bond acceptors (Lipinski definition) is 3.